The summed E-state index contributed by atoms with van der Waals surface area (Å²) in [5.41, 5.74) is 14.3. The van der Waals surface area contributed by atoms with Gasteiger partial charge in [-0.15, -0.1) is 0 Å². The second-order valence-corrected chi connectivity index (χ2v) is 14.3. The van der Waals surface area contributed by atoms with Crippen molar-refractivity contribution in [1.82, 2.24) is 30.8 Å². The van der Waals surface area contributed by atoms with Crippen LogP contribution in [-0.4, -0.2) is 70.2 Å². The number of benzene rings is 2. The maximum Gasteiger partial charge on any atom is 0.245 e. The van der Waals surface area contributed by atoms with E-state index in [9.17, 15) is 19.2 Å². The number of primary amides is 1. The highest BCUT2D eigenvalue weighted by molar-refractivity contribution is 7.99. The molecule has 270 valence electrons. The predicted octanol–water partition coefficient (Wildman–Crippen LogP) is 4.06. The van der Waals surface area contributed by atoms with Gasteiger partial charge in [0.2, 0.25) is 23.6 Å². The van der Waals surface area contributed by atoms with E-state index in [0.717, 1.165) is 22.0 Å². The molecule has 0 unspecified atom stereocenters. The lowest BCUT2D eigenvalue weighted by atomic mass is 10.0. The molecule has 3 atom stereocenters. The number of carbonyl (C=O) groups excluding carboxylic acids is 4. The third-order valence-corrected chi connectivity index (χ3v) is 11.0. The van der Waals surface area contributed by atoms with Gasteiger partial charge in [0, 0.05) is 71.8 Å². The summed E-state index contributed by atoms with van der Waals surface area (Å²) >= 11 is 14.8. The van der Waals surface area contributed by atoms with Gasteiger partial charge in [0.1, 0.15) is 17.1 Å². The highest BCUT2D eigenvalue weighted by atomic mass is 35.5. The van der Waals surface area contributed by atoms with Crippen LogP contribution < -0.4 is 27.4 Å². The molecule has 1 aliphatic heterocycles. The predicted molar refractivity (Wildman–Crippen MR) is 199 cm³/mol. The molecule has 0 bridgehead atoms. The molecule has 0 aliphatic carbocycles. The van der Waals surface area contributed by atoms with Gasteiger partial charge in [-0.05, 0) is 67.6 Å². The molecule has 15 heteroatoms. The first-order valence-corrected chi connectivity index (χ1v) is 18.3. The number of hydrogen-bond donors (Lipinski definition) is 6. The number of para-hydroxylation sites is 1. The molecule has 4 aromatic rings. The fourth-order valence-corrected chi connectivity index (χ4v) is 7.69. The van der Waals surface area contributed by atoms with Crippen molar-refractivity contribution < 1.29 is 19.2 Å². The van der Waals surface area contributed by atoms with Crippen molar-refractivity contribution in [1.29, 1.82) is 0 Å². The molecule has 3 heterocycles. The number of nitrogens with one attached hydrogen (secondary N) is 4. The lowest BCUT2D eigenvalue weighted by Crippen LogP contribution is -2.57. The molecule has 5 rings (SSSR count). The van der Waals surface area contributed by atoms with Gasteiger partial charge in [0.05, 0.1) is 11.1 Å². The van der Waals surface area contributed by atoms with Gasteiger partial charge >= 0.3 is 0 Å². The Labute approximate surface area is 310 Å². The highest BCUT2D eigenvalue weighted by Gasteiger charge is 2.34. The van der Waals surface area contributed by atoms with Crippen LogP contribution in [0.5, 0.6) is 0 Å². The Morgan fingerprint density at radius 3 is 2.55 bits per heavy atom. The van der Waals surface area contributed by atoms with Crippen molar-refractivity contribution >= 4 is 69.5 Å². The van der Waals surface area contributed by atoms with Crippen LogP contribution in [0, 0.1) is 0 Å². The first kappa shape index (κ1) is 38.1. The van der Waals surface area contributed by atoms with Crippen molar-refractivity contribution in [3.05, 3.63) is 87.7 Å². The number of pyridine rings is 1. The van der Waals surface area contributed by atoms with E-state index in [2.05, 4.69) is 25.9 Å². The molecule has 4 amide bonds. The maximum atomic E-state index is 14.4. The number of unbranched alkanes of at least 4 members (excludes halogenated alkanes) is 1. The van der Waals surface area contributed by atoms with Crippen LogP contribution in [0.25, 0.3) is 10.9 Å². The minimum Gasteiger partial charge on any atom is -0.370 e. The number of nitrogens with two attached hydrogens (primary N) is 2. The zero-order chi connectivity index (χ0) is 36.5. The van der Waals surface area contributed by atoms with Gasteiger partial charge in [-0.25, -0.2) is 4.98 Å². The Morgan fingerprint density at radius 2 is 1.76 bits per heavy atom. The summed E-state index contributed by atoms with van der Waals surface area (Å²) < 4.78 is 0. The van der Waals surface area contributed by atoms with E-state index in [4.69, 9.17) is 34.7 Å². The largest absolute Gasteiger partial charge is 0.370 e. The number of aromatic amines is 1. The number of halogens is 2. The molecule has 0 fully saturated rings. The quantitative estimate of drug-likeness (QED) is 0.138. The number of fused-ring (bicyclic) bond motifs is 3. The van der Waals surface area contributed by atoms with E-state index in [1.54, 1.807) is 31.4 Å². The van der Waals surface area contributed by atoms with Gasteiger partial charge in [-0.3, -0.25) is 19.2 Å². The minimum atomic E-state index is -0.973. The Kier molecular flexibility index (Phi) is 13.4. The number of hydrogen-bond acceptors (Lipinski definition) is 8. The monoisotopic (exact) mass is 752 g/mol. The zero-order valence-electron chi connectivity index (χ0n) is 28.2. The normalized spacial score (nSPS) is 19.2. The Bertz CT molecular complexity index is 1890. The number of nitrogens with zero attached hydrogens (tertiary/aromatic N) is 2. The molecule has 2 aromatic carbocycles. The summed E-state index contributed by atoms with van der Waals surface area (Å²) in [4.78, 5) is 64.2. The highest BCUT2D eigenvalue weighted by Crippen LogP contribution is 2.39. The number of likely N-dealkylation sites (N-methyl/N-ethyl adjacent to an activating group) is 1. The zero-order valence-corrected chi connectivity index (χ0v) is 30.5. The van der Waals surface area contributed by atoms with E-state index in [1.165, 1.54) is 16.7 Å². The Hall–Kier alpha value is -4.14. The third kappa shape index (κ3) is 9.60. The van der Waals surface area contributed by atoms with Crippen LogP contribution >= 0.6 is 35.0 Å². The van der Waals surface area contributed by atoms with Crippen molar-refractivity contribution in [2.24, 2.45) is 11.5 Å². The third-order valence-electron chi connectivity index (χ3n) is 8.95. The number of amides is 4. The summed E-state index contributed by atoms with van der Waals surface area (Å²) in [6, 6.07) is 11.9. The second-order valence-electron chi connectivity index (χ2n) is 12.4. The molecule has 1 aliphatic rings. The van der Waals surface area contributed by atoms with E-state index in [1.807, 2.05) is 36.5 Å². The van der Waals surface area contributed by atoms with E-state index in [0.29, 0.717) is 51.3 Å². The van der Waals surface area contributed by atoms with Crippen LogP contribution in [0.1, 0.15) is 48.8 Å². The molecular formula is C36H42Cl2N8O4S. The molecule has 51 heavy (non-hydrogen) atoms. The van der Waals surface area contributed by atoms with Crippen LogP contribution in [0.4, 0.5) is 0 Å². The smallest absolute Gasteiger partial charge is 0.245 e. The fraction of sp³-hybridized carbons (Fsp3) is 0.361. The average Bonchev–Trinajstić information content (AvgIpc) is 3.53. The summed E-state index contributed by atoms with van der Waals surface area (Å²) in [5, 5.41) is 11.5. The molecule has 8 N–H and O–H groups in total. The van der Waals surface area contributed by atoms with Crippen molar-refractivity contribution in [3.8, 4) is 0 Å². The van der Waals surface area contributed by atoms with Gasteiger partial charge in [0.15, 0.2) is 0 Å². The number of H-pyrrole nitrogens is 1. The maximum absolute atomic E-state index is 14.4. The summed E-state index contributed by atoms with van der Waals surface area (Å²) in [6.45, 7) is 0.646. The Balaban J connectivity index is 1.58. The van der Waals surface area contributed by atoms with Gasteiger partial charge in [0.25, 0.3) is 0 Å². The fourth-order valence-electron chi connectivity index (χ4n) is 6.07. The molecule has 0 spiro atoms. The van der Waals surface area contributed by atoms with Crippen LogP contribution in [0.15, 0.2) is 70.8 Å². The molecule has 12 nitrogen and oxygen atoms in total. The summed E-state index contributed by atoms with van der Waals surface area (Å²) in [7, 11) is 1.57. The topological polar surface area (TPSA) is 188 Å². The van der Waals surface area contributed by atoms with E-state index in [-0.39, 0.29) is 32.4 Å². The first-order chi connectivity index (χ1) is 24.6. The first-order valence-electron chi connectivity index (χ1n) is 16.8. The number of aromatic nitrogens is 2. The van der Waals surface area contributed by atoms with Gasteiger partial charge < -0.3 is 37.3 Å². The van der Waals surface area contributed by atoms with E-state index >= 15 is 0 Å². The van der Waals surface area contributed by atoms with Crippen molar-refractivity contribution in [2.75, 3.05) is 13.6 Å². The van der Waals surface area contributed by atoms with Gasteiger partial charge in [-0.2, -0.15) is 0 Å². The molecule has 0 saturated heterocycles. The SMILES string of the molecule is CN1C(=O)[C@H](CCCCN)NC(=O)[C@H](CCC(N)=O)NCc2cccnc2Sc2c(Cl)ccc(Cl)c2CNC(=O)[C@@H]1Cc1c[nH]c2ccccc12. The minimum absolute atomic E-state index is 0.0270. The van der Waals surface area contributed by atoms with E-state index < -0.39 is 41.8 Å². The van der Waals surface area contributed by atoms with Gasteiger partial charge in [-0.1, -0.05) is 59.2 Å². The molecular weight excluding hydrogens is 711 g/mol. The second kappa shape index (κ2) is 17.9. The number of carbonyl (C=O) groups is 4. The molecule has 0 saturated carbocycles. The lowest BCUT2D eigenvalue weighted by molar-refractivity contribution is -0.142. The van der Waals surface area contributed by atoms with Crippen LogP contribution in [0.3, 0.4) is 0 Å². The standard InChI is InChI=1S/C36H42Cl2N8O4S/c1-46-30(17-22-19-42-27-9-3-2-8-23(22)27)34(49)44-20-24-25(37)11-12-26(38)32(24)51-35-21(7-6-16-41-35)18-43-28(13-14-31(40)47)33(48)45-29(36(46)50)10-4-5-15-39/h2-3,6-9,11-12,16,19,28-30,42-43H,4-5,10,13-15,17-18,20,39H2,1H3,(H2,40,47)(H,44,49)(H,45,48)/t28-,29-,30-/m0/s1. The summed E-state index contributed by atoms with van der Waals surface area (Å²) in [5.74, 6) is -1.89. The van der Waals surface area contributed by atoms with Crippen LogP contribution in [0.2, 0.25) is 10.0 Å². The van der Waals surface area contributed by atoms with Crippen molar-refractivity contribution in [3.63, 3.8) is 0 Å². The van der Waals surface area contributed by atoms with Crippen molar-refractivity contribution in [2.45, 2.75) is 79.7 Å². The lowest BCUT2D eigenvalue weighted by Gasteiger charge is -2.32. The Morgan fingerprint density at radius 1 is 0.980 bits per heavy atom. The molecule has 0 radical (unpaired) electrons. The molecule has 2 aromatic heterocycles. The number of rotatable bonds is 9. The summed E-state index contributed by atoms with van der Waals surface area (Å²) in [6.07, 6.45) is 5.20. The average molecular weight is 754 g/mol. The van der Waals surface area contributed by atoms with Crippen LogP contribution in [-0.2, 0) is 38.7 Å².